The van der Waals surface area contributed by atoms with Crippen LogP contribution in [0.15, 0.2) is 0 Å². The number of rotatable bonds is 42. The number of hydrogen-bond donors (Lipinski definition) is 0. The van der Waals surface area contributed by atoms with Crippen LogP contribution in [0.25, 0.3) is 0 Å². The van der Waals surface area contributed by atoms with Gasteiger partial charge in [-0.3, -0.25) is 14.4 Å². The number of carbonyl (C=O) groups excluding carboxylic acids is 3. The van der Waals surface area contributed by atoms with Crippen molar-refractivity contribution in [2.75, 3.05) is 13.2 Å². The van der Waals surface area contributed by atoms with E-state index in [-0.39, 0.29) is 31.1 Å². The average Bonchev–Trinajstić information content (AvgIpc) is 3.14. The molecule has 6 heteroatoms. The molecule has 1 atom stereocenters. The van der Waals surface area contributed by atoms with E-state index in [0.29, 0.717) is 19.3 Å². The van der Waals surface area contributed by atoms with Gasteiger partial charge in [-0.2, -0.15) is 0 Å². The Morgan fingerprint density at radius 2 is 0.623 bits per heavy atom. The summed E-state index contributed by atoms with van der Waals surface area (Å²) in [6, 6.07) is 0. The minimum atomic E-state index is -0.759. The van der Waals surface area contributed by atoms with E-state index in [0.717, 1.165) is 63.7 Å². The lowest BCUT2D eigenvalue weighted by atomic mass is 10.0. The van der Waals surface area contributed by atoms with Gasteiger partial charge >= 0.3 is 17.9 Å². The molecule has 0 spiro atoms. The molecule has 0 bridgehead atoms. The highest BCUT2D eigenvalue weighted by Crippen LogP contribution is 2.16. The first-order valence-corrected chi connectivity index (χ1v) is 23.4. The molecule has 0 radical (unpaired) electrons. The topological polar surface area (TPSA) is 78.9 Å². The third-order valence-corrected chi connectivity index (χ3v) is 10.5. The van der Waals surface area contributed by atoms with Crippen molar-refractivity contribution in [1.82, 2.24) is 0 Å². The van der Waals surface area contributed by atoms with Crippen LogP contribution < -0.4 is 0 Å². The van der Waals surface area contributed by atoms with Gasteiger partial charge in [0.1, 0.15) is 13.2 Å². The van der Waals surface area contributed by atoms with Crippen LogP contribution in [-0.2, 0) is 28.6 Å². The van der Waals surface area contributed by atoms with Crippen molar-refractivity contribution in [3.8, 4) is 0 Å². The van der Waals surface area contributed by atoms with E-state index in [1.54, 1.807) is 0 Å². The molecule has 0 aromatic carbocycles. The standard InChI is InChI=1S/C47H90O6/c1-5-7-9-11-13-15-17-19-22-26-30-34-38-45(48)51-41-44(53-47(50)40-36-32-28-23-18-16-14-12-10-8-6-2)42-52-46(49)39-35-31-27-24-20-21-25-29-33-37-43(3)4/h43-44H,5-42H2,1-4H3/t44-/m0/s1. The van der Waals surface area contributed by atoms with Gasteiger partial charge in [0.15, 0.2) is 6.10 Å². The van der Waals surface area contributed by atoms with Crippen LogP contribution in [0.5, 0.6) is 0 Å². The molecule has 0 aromatic rings. The first-order chi connectivity index (χ1) is 25.9. The maximum atomic E-state index is 12.7. The Bertz CT molecular complexity index is 796. The number of carbonyl (C=O) groups is 3. The molecule has 0 saturated carbocycles. The maximum Gasteiger partial charge on any atom is 0.306 e. The molecule has 0 aromatic heterocycles. The Balaban J connectivity index is 4.33. The molecular weight excluding hydrogens is 661 g/mol. The average molecular weight is 751 g/mol. The highest BCUT2D eigenvalue weighted by Gasteiger charge is 2.19. The summed E-state index contributed by atoms with van der Waals surface area (Å²) in [7, 11) is 0. The summed E-state index contributed by atoms with van der Waals surface area (Å²) in [4.78, 5) is 37.7. The van der Waals surface area contributed by atoms with Crippen LogP contribution in [0.1, 0.15) is 259 Å². The molecule has 0 saturated heterocycles. The van der Waals surface area contributed by atoms with E-state index in [2.05, 4.69) is 27.7 Å². The maximum absolute atomic E-state index is 12.7. The largest absolute Gasteiger partial charge is 0.462 e. The van der Waals surface area contributed by atoms with Crippen LogP contribution in [0.3, 0.4) is 0 Å². The van der Waals surface area contributed by atoms with E-state index in [4.69, 9.17) is 14.2 Å². The molecule has 0 unspecified atom stereocenters. The minimum Gasteiger partial charge on any atom is -0.462 e. The highest BCUT2D eigenvalue weighted by atomic mass is 16.6. The molecule has 0 aliphatic rings. The molecule has 314 valence electrons. The first-order valence-electron chi connectivity index (χ1n) is 23.4. The Morgan fingerprint density at radius 3 is 0.925 bits per heavy atom. The fraction of sp³-hybridized carbons (Fsp3) is 0.936. The molecule has 0 N–H and O–H groups in total. The zero-order valence-electron chi connectivity index (χ0n) is 36.0. The third-order valence-electron chi connectivity index (χ3n) is 10.5. The van der Waals surface area contributed by atoms with Crippen molar-refractivity contribution in [2.24, 2.45) is 5.92 Å². The second kappa shape index (κ2) is 41.6. The van der Waals surface area contributed by atoms with E-state index in [1.165, 1.54) is 154 Å². The summed E-state index contributed by atoms with van der Waals surface area (Å²) in [6.07, 6.45) is 40.8. The van der Waals surface area contributed by atoms with Gasteiger partial charge in [0, 0.05) is 19.3 Å². The van der Waals surface area contributed by atoms with Gasteiger partial charge < -0.3 is 14.2 Å². The number of unbranched alkanes of at least 4 members (excludes halogenated alkanes) is 29. The Hall–Kier alpha value is -1.59. The van der Waals surface area contributed by atoms with Gasteiger partial charge in [0.2, 0.25) is 0 Å². The summed E-state index contributed by atoms with van der Waals surface area (Å²) >= 11 is 0. The molecule has 53 heavy (non-hydrogen) atoms. The second-order valence-electron chi connectivity index (χ2n) is 16.5. The molecule has 0 amide bonds. The van der Waals surface area contributed by atoms with Crippen LogP contribution in [-0.4, -0.2) is 37.2 Å². The molecular formula is C47H90O6. The molecule has 0 aliphatic carbocycles. The first kappa shape index (κ1) is 51.4. The third kappa shape index (κ3) is 41.4. The fourth-order valence-electron chi connectivity index (χ4n) is 6.98. The summed E-state index contributed by atoms with van der Waals surface area (Å²) < 4.78 is 16.7. The Kier molecular flexibility index (Phi) is 40.3. The lowest BCUT2D eigenvalue weighted by Gasteiger charge is -2.18. The van der Waals surface area contributed by atoms with Crippen molar-refractivity contribution >= 4 is 17.9 Å². The predicted molar refractivity (Wildman–Crippen MR) is 224 cm³/mol. The van der Waals surface area contributed by atoms with Crippen molar-refractivity contribution < 1.29 is 28.6 Å². The van der Waals surface area contributed by atoms with Crippen LogP contribution >= 0.6 is 0 Å². The van der Waals surface area contributed by atoms with Crippen LogP contribution in [0.2, 0.25) is 0 Å². The Morgan fingerprint density at radius 1 is 0.358 bits per heavy atom. The van der Waals surface area contributed by atoms with E-state index in [9.17, 15) is 14.4 Å². The predicted octanol–water partition coefficient (Wildman–Crippen LogP) is 14.7. The van der Waals surface area contributed by atoms with Gasteiger partial charge in [0.25, 0.3) is 0 Å². The highest BCUT2D eigenvalue weighted by molar-refractivity contribution is 5.71. The van der Waals surface area contributed by atoms with E-state index in [1.807, 2.05) is 0 Å². The molecule has 0 rings (SSSR count). The van der Waals surface area contributed by atoms with Gasteiger partial charge in [0.05, 0.1) is 0 Å². The SMILES string of the molecule is CCCCCCCCCCCCCCC(=O)OC[C@@H](COC(=O)CCCCCCCCCCCC(C)C)OC(=O)CCCCCCCCCCCCC. The van der Waals surface area contributed by atoms with Gasteiger partial charge in [-0.1, -0.05) is 220 Å². The smallest absolute Gasteiger partial charge is 0.306 e. The monoisotopic (exact) mass is 751 g/mol. The van der Waals surface area contributed by atoms with Crippen LogP contribution in [0, 0.1) is 5.92 Å². The van der Waals surface area contributed by atoms with E-state index < -0.39 is 6.10 Å². The summed E-state index contributed by atoms with van der Waals surface area (Å²) in [5.74, 6) is -0.0448. The van der Waals surface area contributed by atoms with Crippen molar-refractivity contribution in [2.45, 2.75) is 265 Å². The second-order valence-corrected chi connectivity index (χ2v) is 16.5. The van der Waals surface area contributed by atoms with Crippen molar-refractivity contribution in [1.29, 1.82) is 0 Å². The summed E-state index contributed by atoms with van der Waals surface area (Å²) in [5, 5.41) is 0. The zero-order chi connectivity index (χ0) is 38.9. The number of hydrogen-bond acceptors (Lipinski definition) is 6. The van der Waals surface area contributed by atoms with Crippen LogP contribution in [0.4, 0.5) is 0 Å². The number of esters is 3. The van der Waals surface area contributed by atoms with Gasteiger partial charge in [-0.05, 0) is 25.2 Å². The molecule has 0 aliphatic heterocycles. The summed E-state index contributed by atoms with van der Waals surface area (Å²) in [5.41, 5.74) is 0. The van der Waals surface area contributed by atoms with Crippen molar-refractivity contribution in [3.63, 3.8) is 0 Å². The molecule has 0 heterocycles. The molecule has 0 fully saturated rings. The normalized spacial score (nSPS) is 11.9. The lowest BCUT2D eigenvalue weighted by molar-refractivity contribution is -0.167. The minimum absolute atomic E-state index is 0.0637. The quantitative estimate of drug-likeness (QED) is 0.0351. The van der Waals surface area contributed by atoms with Crippen molar-refractivity contribution in [3.05, 3.63) is 0 Å². The number of ether oxygens (including phenoxy) is 3. The van der Waals surface area contributed by atoms with Gasteiger partial charge in [-0.25, -0.2) is 0 Å². The molecule has 6 nitrogen and oxygen atoms in total. The summed E-state index contributed by atoms with van der Waals surface area (Å²) in [6.45, 7) is 8.97. The Labute approximate surface area is 329 Å². The van der Waals surface area contributed by atoms with Gasteiger partial charge in [-0.15, -0.1) is 0 Å². The zero-order valence-corrected chi connectivity index (χ0v) is 36.0. The fourth-order valence-corrected chi connectivity index (χ4v) is 6.98. The lowest BCUT2D eigenvalue weighted by Crippen LogP contribution is -2.30. The van der Waals surface area contributed by atoms with E-state index >= 15 is 0 Å².